The Labute approximate surface area is 83.6 Å². The van der Waals surface area contributed by atoms with Crippen LogP contribution in [0.4, 0.5) is 13.2 Å². The van der Waals surface area contributed by atoms with Crippen molar-refractivity contribution in [2.45, 2.75) is 6.04 Å². The van der Waals surface area contributed by atoms with Crippen LogP contribution in [-0.4, -0.2) is 13.1 Å². The Bertz CT molecular complexity index is 395. The highest BCUT2D eigenvalue weighted by molar-refractivity contribution is 5.77. The predicted molar refractivity (Wildman–Crippen MR) is 45.3 cm³/mol. The van der Waals surface area contributed by atoms with Gasteiger partial charge in [-0.05, 0) is 6.07 Å². The lowest BCUT2D eigenvalue weighted by atomic mass is 10.1. The first-order valence-electron chi connectivity index (χ1n) is 3.95. The number of methoxy groups -OCH3 is 1. The summed E-state index contributed by atoms with van der Waals surface area (Å²) in [7, 11) is 1.06. The van der Waals surface area contributed by atoms with Crippen molar-refractivity contribution in [3.8, 4) is 0 Å². The molecule has 0 bridgehead atoms. The van der Waals surface area contributed by atoms with Crippen molar-refractivity contribution in [1.82, 2.24) is 0 Å². The van der Waals surface area contributed by atoms with Crippen molar-refractivity contribution < 1.29 is 22.7 Å². The normalized spacial score (nSPS) is 12.3. The van der Waals surface area contributed by atoms with E-state index in [-0.39, 0.29) is 0 Å². The van der Waals surface area contributed by atoms with Gasteiger partial charge in [0.15, 0.2) is 17.5 Å². The van der Waals surface area contributed by atoms with Crippen molar-refractivity contribution in [2.75, 3.05) is 7.11 Å². The van der Waals surface area contributed by atoms with E-state index in [1.807, 2.05) is 0 Å². The second-order valence-electron chi connectivity index (χ2n) is 2.77. The standard InChI is InChI=1S/C9H8F3NO2/c1-15-9(14)8(13)4-2-3-5(10)7(12)6(4)11/h2-3,8H,13H2,1H3. The molecule has 82 valence electrons. The number of hydrogen-bond acceptors (Lipinski definition) is 3. The van der Waals surface area contributed by atoms with Gasteiger partial charge in [0.05, 0.1) is 7.11 Å². The van der Waals surface area contributed by atoms with Gasteiger partial charge in [-0.3, -0.25) is 4.79 Å². The van der Waals surface area contributed by atoms with E-state index in [4.69, 9.17) is 5.73 Å². The van der Waals surface area contributed by atoms with Crippen molar-refractivity contribution in [3.05, 3.63) is 35.1 Å². The van der Waals surface area contributed by atoms with E-state index in [1.165, 1.54) is 0 Å². The Morgan fingerprint density at radius 3 is 2.47 bits per heavy atom. The molecule has 15 heavy (non-hydrogen) atoms. The largest absolute Gasteiger partial charge is 0.468 e. The Kier molecular flexibility index (Phi) is 3.31. The summed E-state index contributed by atoms with van der Waals surface area (Å²) in [5, 5.41) is 0. The number of hydrogen-bond donors (Lipinski definition) is 1. The summed E-state index contributed by atoms with van der Waals surface area (Å²) in [6.45, 7) is 0. The third kappa shape index (κ3) is 2.10. The average molecular weight is 219 g/mol. The molecule has 1 rings (SSSR count). The van der Waals surface area contributed by atoms with E-state index < -0.39 is 35.0 Å². The molecule has 0 aliphatic carbocycles. The highest BCUT2D eigenvalue weighted by Crippen LogP contribution is 2.20. The van der Waals surface area contributed by atoms with E-state index in [0.29, 0.717) is 6.07 Å². The zero-order valence-corrected chi connectivity index (χ0v) is 7.76. The second kappa shape index (κ2) is 4.31. The minimum atomic E-state index is -1.66. The Hall–Kier alpha value is -1.56. The number of esters is 1. The number of nitrogens with two attached hydrogens (primary N) is 1. The minimum absolute atomic E-state index is 0.444. The number of carbonyl (C=O) groups is 1. The van der Waals surface area contributed by atoms with E-state index >= 15 is 0 Å². The first kappa shape index (κ1) is 11.5. The van der Waals surface area contributed by atoms with Gasteiger partial charge in [-0.25, -0.2) is 13.2 Å². The van der Waals surface area contributed by atoms with Crippen LogP contribution in [0, 0.1) is 17.5 Å². The molecular formula is C9H8F3NO2. The maximum atomic E-state index is 13.1. The van der Waals surface area contributed by atoms with Gasteiger partial charge in [-0.1, -0.05) is 6.07 Å². The van der Waals surface area contributed by atoms with Crippen molar-refractivity contribution in [3.63, 3.8) is 0 Å². The van der Waals surface area contributed by atoms with E-state index in [1.54, 1.807) is 0 Å². The molecule has 0 spiro atoms. The fraction of sp³-hybridized carbons (Fsp3) is 0.222. The van der Waals surface area contributed by atoms with E-state index in [0.717, 1.165) is 13.2 Å². The summed E-state index contributed by atoms with van der Waals surface area (Å²) in [6, 6.07) is 0.122. The average Bonchev–Trinajstić information content (AvgIpc) is 2.24. The van der Waals surface area contributed by atoms with Gasteiger partial charge < -0.3 is 10.5 Å². The molecule has 1 aromatic carbocycles. The summed E-state index contributed by atoms with van der Waals surface area (Å²) < 4.78 is 42.6. The fourth-order valence-corrected chi connectivity index (χ4v) is 1.03. The molecule has 0 saturated heterocycles. The van der Waals surface area contributed by atoms with Crippen LogP contribution in [-0.2, 0) is 9.53 Å². The smallest absolute Gasteiger partial charge is 0.327 e. The maximum Gasteiger partial charge on any atom is 0.327 e. The minimum Gasteiger partial charge on any atom is -0.468 e. The molecule has 1 aromatic rings. The molecule has 0 aromatic heterocycles. The lowest BCUT2D eigenvalue weighted by molar-refractivity contribution is -0.142. The molecule has 2 N–H and O–H groups in total. The topological polar surface area (TPSA) is 52.3 Å². The molecule has 0 radical (unpaired) electrons. The molecule has 0 fully saturated rings. The van der Waals surface area contributed by atoms with E-state index in [9.17, 15) is 18.0 Å². The molecule has 0 aliphatic heterocycles. The van der Waals surface area contributed by atoms with Gasteiger partial charge in [-0.15, -0.1) is 0 Å². The van der Waals surface area contributed by atoms with Crippen LogP contribution in [0.5, 0.6) is 0 Å². The molecular weight excluding hydrogens is 211 g/mol. The summed E-state index contributed by atoms with van der Waals surface area (Å²) >= 11 is 0. The van der Waals surface area contributed by atoms with Gasteiger partial charge in [0.25, 0.3) is 0 Å². The van der Waals surface area contributed by atoms with Crippen LogP contribution in [0.25, 0.3) is 0 Å². The first-order chi connectivity index (χ1) is 6.99. The molecule has 1 atom stereocenters. The van der Waals surface area contributed by atoms with Crippen LogP contribution < -0.4 is 5.73 Å². The number of ether oxygens (including phenoxy) is 1. The Morgan fingerprint density at radius 1 is 1.33 bits per heavy atom. The van der Waals surface area contributed by atoms with Gasteiger partial charge in [0.1, 0.15) is 6.04 Å². The Morgan fingerprint density at radius 2 is 1.93 bits per heavy atom. The second-order valence-corrected chi connectivity index (χ2v) is 2.77. The zero-order valence-electron chi connectivity index (χ0n) is 7.76. The van der Waals surface area contributed by atoms with Crippen molar-refractivity contribution in [1.29, 1.82) is 0 Å². The van der Waals surface area contributed by atoms with Gasteiger partial charge in [0.2, 0.25) is 0 Å². The molecule has 0 aliphatic rings. The first-order valence-corrected chi connectivity index (χ1v) is 3.95. The van der Waals surface area contributed by atoms with Gasteiger partial charge >= 0.3 is 5.97 Å². The van der Waals surface area contributed by atoms with Crippen LogP contribution in [0.3, 0.4) is 0 Å². The molecule has 0 heterocycles. The lowest BCUT2D eigenvalue weighted by Gasteiger charge is -2.10. The van der Waals surface area contributed by atoms with E-state index in [2.05, 4.69) is 4.74 Å². The Balaban J connectivity index is 3.16. The van der Waals surface area contributed by atoms with Crippen molar-refractivity contribution >= 4 is 5.97 Å². The van der Waals surface area contributed by atoms with Crippen LogP contribution in [0.2, 0.25) is 0 Å². The molecule has 6 heteroatoms. The number of rotatable bonds is 2. The monoisotopic (exact) mass is 219 g/mol. The van der Waals surface area contributed by atoms with Crippen LogP contribution in [0.15, 0.2) is 12.1 Å². The highest BCUT2D eigenvalue weighted by atomic mass is 19.2. The van der Waals surface area contributed by atoms with Gasteiger partial charge in [0, 0.05) is 5.56 Å². The van der Waals surface area contributed by atoms with Gasteiger partial charge in [-0.2, -0.15) is 0 Å². The molecule has 3 nitrogen and oxygen atoms in total. The highest BCUT2D eigenvalue weighted by Gasteiger charge is 2.23. The van der Waals surface area contributed by atoms with Crippen LogP contribution >= 0.6 is 0 Å². The summed E-state index contributed by atoms with van der Waals surface area (Å²) in [5.74, 6) is -5.41. The lowest BCUT2D eigenvalue weighted by Crippen LogP contribution is -2.24. The fourth-order valence-electron chi connectivity index (χ4n) is 1.03. The number of carbonyl (C=O) groups excluding carboxylic acids is 1. The third-order valence-corrected chi connectivity index (χ3v) is 1.86. The summed E-state index contributed by atoms with van der Waals surface area (Å²) in [5.41, 5.74) is 4.82. The SMILES string of the molecule is COC(=O)C(N)c1ccc(F)c(F)c1F. The molecule has 0 amide bonds. The predicted octanol–water partition coefficient (Wildman–Crippen LogP) is 1.28. The maximum absolute atomic E-state index is 13.1. The van der Waals surface area contributed by atoms with Crippen molar-refractivity contribution in [2.24, 2.45) is 5.73 Å². The summed E-state index contributed by atoms with van der Waals surface area (Å²) in [6.07, 6.45) is 0. The summed E-state index contributed by atoms with van der Waals surface area (Å²) in [4.78, 5) is 10.9. The number of halogens is 3. The molecule has 0 saturated carbocycles. The zero-order chi connectivity index (χ0) is 11.6. The number of benzene rings is 1. The molecule has 1 unspecified atom stereocenters. The quantitative estimate of drug-likeness (QED) is 0.602. The third-order valence-electron chi connectivity index (χ3n) is 1.86. The van der Waals surface area contributed by atoms with Crippen LogP contribution in [0.1, 0.15) is 11.6 Å².